The molecule has 2 aliphatic rings. The predicted octanol–water partition coefficient (Wildman–Crippen LogP) is 2.27. The van der Waals surface area contributed by atoms with Crippen molar-refractivity contribution in [1.82, 2.24) is 10.2 Å². The van der Waals surface area contributed by atoms with Crippen LogP contribution in [-0.2, 0) is 4.79 Å². The van der Waals surface area contributed by atoms with Crippen LogP contribution in [0.5, 0.6) is 0 Å². The van der Waals surface area contributed by atoms with E-state index < -0.39 is 5.54 Å². The summed E-state index contributed by atoms with van der Waals surface area (Å²) in [5.41, 5.74) is 5.22. The number of nitrogens with one attached hydrogen (secondary N) is 1. The first-order chi connectivity index (χ1) is 9.98. The lowest BCUT2D eigenvalue weighted by atomic mass is 9.77. The topological polar surface area (TPSA) is 58.4 Å². The third kappa shape index (κ3) is 3.78. The summed E-state index contributed by atoms with van der Waals surface area (Å²) in [5.74, 6) is 0.496. The number of primary amides is 1. The van der Waals surface area contributed by atoms with Crippen molar-refractivity contribution < 1.29 is 4.79 Å². The van der Waals surface area contributed by atoms with E-state index in [2.05, 4.69) is 24.1 Å². The van der Waals surface area contributed by atoms with Gasteiger partial charge in [-0.25, -0.2) is 0 Å². The molecule has 1 amide bonds. The SMILES string of the molecule is CNC1(C(N)=O)CCCC(N(CC(C)C)C2CCCC2)C1. The van der Waals surface area contributed by atoms with Crippen molar-refractivity contribution in [2.75, 3.05) is 13.6 Å². The Hall–Kier alpha value is -0.610. The number of amides is 1. The highest BCUT2D eigenvalue weighted by Crippen LogP contribution is 2.35. The summed E-state index contributed by atoms with van der Waals surface area (Å²) in [6, 6.07) is 1.22. The van der Waals surface area contributed by atoms with Crippen molar-refractivity contribution in [3.05, 3.63) is 0 Å². The van der Waals surface area contributed by atoms with Gasteiger partial charge >= 0.3 is 0 Å². The number of nitrogens with two attached hydrogens (primary N) is 1. The van der Waals surface area contributed by atoms with E-state index in [1.807, 2.05) is 7.05 Å². The predicted molar refractivity (Wildman–Crippen MR) is 87.0 cm³/mol. The fourth-order valence-corrected chi connectivity index (χ4v) is 4.36. The van der Waals surface area contributed by atoms with Gasteiger partial charge in [-0.1, -0.05) is 26.7 Å². The Morgan fingerprint density at radius 2 is 1.86 bits per heavy atom. The van der Waals surface area contributed by atoms with Gasteiger partial charge in [0.05, 0.1) is 5.54 Å². The van der Waals surface area contributed by atoms with Crippen LogP contribution in [0.4, 0.5) is 0 Å². The molecule has 0 aliphatic heterocycles. The van der Waals surface area contributed by atoms with E-state index in [4.69, 9.17) is 5.73 Å². The first-order valence-electron chi connectivity index (χ1n) is 8.73. The Balaban J connectivity index is 2.12. The number of hydrogen-bond donors (Lipinski definition) is 2. The van der Waals surface area contributed by atoms with Crippen LogP contribution >= 0.6 is 0 Å². The highest BCUT2D eigenvalue weighted by molar-refractivity contribution is 5.84. The zero-order valence-corrected chi connectivity index (χ0v) is 14.0. The van der Waals surface area contributed by atoms with E-state index in [1.165, 1.54) is 32.1 Å². The molecule has 2 aliphatic carbocycles. The number of carbonyl (C=O) groups excluding carboxylic acids is 1. The fraction of sp³-hybridized carbons (Fsp3) is 0.941. The normalized spacial score (nSPS) is 31.2. The molecule has 122 valence electrons. The smallest absolute Gasteiger partial charge is 0.237 e. The van der Waals surface area contributed by atoms with Gasteiger partial charge < -0.3 is 11.1 Å². The molecule has 4 nitrogen and oxygen atoms in total. The molecule has 21 heavy (non-hydrogen) atoms. The van der Waals surface area contributed by atoms with Crippen LogP contribution in [0, 0.1) is 5.92 Å². The van der Waals surface area contributed by atoms with Gasteiger partial charge in [-0.05, 0) is 51.5 Å². The Morgan fingerprint density at radius 1 is 1.24 bits per heavy atom. The maximum absolute atomic E-state index is 12.0. The van der Waals surface area contributed by atoms with Crippen molar-refractivity contribution in [3.8, 4) is 0 Å². The van der Waals surface area contributed by atoms with Crippen molar-refractivity contribution in [2.45, 2.75) is 82.8 Å². The summed E-state index contributed by atoms with van der Waals surface area (Å²) in [4.78, 5) is 14.7. The van der Waals surface area contributed by atoms with E-state index in [1.54, 1.807) is 0 Å². The van der Waals surface area contributed by atoms with E-state index in [0.717, 1.165) is 31.8 Å². The number of rotatable bonds is 6. The minimum atomic E-state index is -0.489. The van der Waals surface area contributed by atoms with Gasteiger partial charge in [-0.3, -0.25) is 9.69 Å². The molecule has 0 aromatic rings. The first kappa shape index (κ1) is 16.8. The zero-order chi connectivity index (χ0) is 15.5. The molecular weight excluding hydrogens is 262 g/mol. The monoisotopic (exact) mass is 295 g/mol. The van der Waals surface area contributed by atoms with Crippen LogP contribution in [0.1, 0.15) is 65.2 Å². The molecule has 4 heteroatoms. The fourth-order valence-electron chi connectivity index (χ4n) is 4.36. The average molecular weight is 295 g/mol. The molecule has 0 aromatic heterocycles. The molecule has 0 aromatic carbocycles. The minimum absolute atomic E-state index is 0.175. The third-order valence-corrected chi connectivity index (χ3v) is 5.51. The van der Waals surface area contributed by atoms with Gasteiger partial charge in [0.2, 0.25) is 5.91 Å². The van der Waals surface area contributed by atoms with Crippen LogP contribution in [-0.4, -0.2) is 42.0 Å². The van der Waals surface area contributed by atoms with E-state index in [-0.39, 0.29) is 5.91 Å². The number of nitrogens with zero attached hydrogens (tertiary/aromatic N) is 1. The molecule has 0 heterocycles. The average Bonchev–Trinajstić information content (AvgIpc) is 2.98. The van der Waals surface area contributed by atoms with E-state index in [9.17, 15) is 4.79 Å². The largest absolute Gasteiger partial charge is 0.368 e. The van der Waals surface area contributed by atoms with Crippen molar-refractivity contribution >= 4 is 5.91 Å². The summed E-state index contributed by atoms with van der Waals surface area (Å²) in [5, 5.41) is 3.24. The summed E-state index contributed by atoms with van der Waals surface area (Å²) in [6.45, 7) is 5.74. The lowest BCUT2D eigenvalue weighted by Crippen LogP contribution is -2.60. The van der Waals surface area contributed by atoms with Crippen molar-refractivity contribution in [2.24, 2.45) is 11.7 Å². The summed E-state index contributed by atoms with van der Waals surface area (Å²) in [6.07, 6.45) is 9.43. The quantitative estimate of drug-likeness (QED) is 0.790. The Kier molecular flexibility index (Phi) is 5.67. The molecule has 2 unspecified atom stereocenters. The first-order valence-corrected chi connectivity index (χ1v) is 8.73. The maximum Gasteiger partial charge on any atom is 0.237 e. The molecule has 2 fully saturated rings. The van der Waals surface area contributed by atoms with E-state index >= 15 is 0 Å². The highest BCUT2D eigenvalue weighted by atomic mass is 16.1. The molecule has 2 saturated carbocycles. The lowest BCUT2D eigenvalue weighted by Gasteiger charge is -2.45. The summed E-state index contributed by atoms with van der Waals surface area (Å²) in [7, 11) is 1.88. The second kappa shape index (κ2) is 7.10. The van der Waals surface area contributed by atoms with Crippen molar-refractivity contribution in [1.29, 1.82) is 0 Å². The molecule has 0 spiro atoms. The molecule has 0 bridgehead atoms. The Morgan fingerprint density at radius 3 is 2.38 bits per heavy atom. The van der Waals surface area contributed by atoms with Gasteiger partial charge in [0, 0.05) is 18.6 Å². The number of hydrogen-bond acceptors (Lipinski definition) is 3. The molecule has 3 N–H and O–H groups in total. The Labute approximate surface area is 129 Å². The van der Waals surface area contributed by atoms with Crippen LogP contribution in [0.2, 0.25) is 0 Å². The third-order valence-electron chi connectivity index (χ3n) is 5.51. The second-order valence-corrected chi connectivity index (χ2v) is 7.48. The van der Waals surface area contributed by atoms with Gasteiger partial charge in [0.1, 0.15) is 0 Å². The summed E-state index contributed by atoms with van der Waals surface area (Å²) < 4.78 is 0. The van der Waals surface area contributed by atoms with Crippen LogP contribution in [0.15, 0.2) is 0 Å². The molecule has 2 atom stereocenters. The number of carbonyl (C=O) groups is 1. The van der Waals surface area contributed by atoms with Gasteiger partial charge in [0.25, 0.3) is 0 Å². The standard InChI is InChI=1S/C17H33N3O/c1-13(2)12-20(14-7-4-5-8-14)15-9-6-10-17(11-15,19-3)16(18)21/h13-15,19H,4-12H2,1-3H3,(H2,18,21). The van der Waals surface area contributed by atoms with Crippen molar-refractivity contribution in [3.63, 3.8) is 0 Å². The van der Waals surface area contributed by atoms with Gasteiger partial charge in [0.15, 0.2) is 0 Å². The maximum atomic E-state index is 12.0. The van der Waals surface area contributed by atoms with Crippen LogP contribution in [0.3, 0.4) is 0 Å². The minimum Gasteiger partial charge on any atom is -0.368 e. The van der Waals surface area contributed by atoms with Gasteiger partial charge in [-0.2, -0.15) is 0 Å². The highest BCUT2D eigenvalue weighted by Gasteiger charge is 2.43. The molecule has 2 rings (SSSR count). The molecule has 0 radical (unpaired) electrons. The van der Waals surface area contributed by atoms with Crippen LogP contribution < -0.4 is 11.1 Å². The Bertz CT molecular complexity index is 352. The summed E-state index contributed by atoms with van der Waals surface area (Å²) >= 11 is 0. The second-order valence-electron chi connectivity index (χ2n) is 7.48. The molecule has 0 saturated heterocycles. The lowest BCUT2D eigenvalue weighted by molar-refractivity contribution is -0.126. The van der Waals surface area contributed by atoms with Gasteiger partial charge in [-0.15, -0.1) is 0 Å². The number of likely N-dealkylation sites (N-methyl/N-ethyl adjacent to an activating group) is 1. The molecular formula is C17H33N3O. The van der Waals surface area contributed by atoms with Crippen LogP contribution in [0.25, 0.3) is 0 Å². The van der Waals surface area contributed by atoms with E-state index in [0.29, 0.717) is 12.0 Å². The zero-order valence-electron chi connectivity index (χ0n) is 14.0.